The molecular formula is C11H13F3N2O. The first-order valence-electron chi connectivity index (χ1n) is 5.01. The van der Waals surface area contributed by atoms with Gasteiger partial charge in [0.15, 0.2) is 0 Å². The van der Waals surface area contributed by atoms with Crippen LogP contribution in [0.15, 0.2) is 24.3 Å². The van der Waals surface area contributed by atoms with Crippen molar-refractivity contribution in [1.82, 2.24) is 10.6 Å². The normalized spacial score (nSPS) is 11.3. The molecule has 0 atom stereocenters. The molecule has 0 unspecified atom stereocenters. The van der Waals surface area contributed by atoms with E-state index < -0.39 is 11.7 Å². The van der Waals surface area contributed by atoms with E-state index in [4.69, 9.17) is 0 Å². The molecule has 17 heavy (non-hydrogen) atoms. The number of amides is 1. The maximum atomic E-state index is 12.6. The van der Waals surface area contributed by atoms with Gasteiger partial charge in [-0.3, -0.25) is 4.79 Å². The Balaban J connectivity index is 2.68. The number of likely N-dealkylation sites (N-methyl/N-ethyl adjacent to an activating group) is 1. The van der Waals surface area contributed by atoms with Gasteiger partial charge in [0, 0.05) is 13.6 Å². The van der Waals surface area contributed by atoms with Crippen molar-refractivity contribution in [3.63, 3.8) is 0 Å². The fourth-order valence-corrected chi connectivity index (χ4v) is 1.35. The Hall–Kier alpha value is -1.56. The van der Waals surface area contributed by atoms with E-state index in [2.05, 4.69) is 10.6 Å². The predicted molar refractivity (Wildman–Crippen MR) is 57.2 cm³/mol. The molecule has 1 amide bonds. The summed E-state index contributed by atoms with van der Waals surface area (Å²) in [5.41, 5.74) is -0.548. The molecule has 0 saturated heterocycles. The van der Waals surface area contributed by atoms with Crippen LogP contribution in [0.1, 0.15) is 11.1 Å². The zero-order chi connectivity index (χ0) is 12.9. The van der Waals surface area contributed by atoms with Crippen molar-refractivity contribution >= 4 is 5.91 Å². The Labute approximate surface area is 97.0 Å². The van der Waals surface area contributed by atoms with E-state index in [9.17, 15) is 18.0 Å². The zero-order valence-corrected chi connectivity index (χ0v) is 9.27. The van der Waals surface area contributed by atoms with E-state index >= 15 is 0 Å². The monoisotopic (exact) mass is 246 g/mol. The molecule has 0 radical (unpaired) electrons. The van der Waals surface area contributed by atoms with Gasteiger partial charge in [0.05, 0.1) is 12.1 Å². The predicted octanol–water partition coefficient (Wildman–Crippen LogP) is 1.54. The number of benzene rings is 1. The van der Waals surface area contributed by atoms with E-state index in [1.807, 2.05) is 0 Å². The molecule has 0 aliphatic carbocycles. The van der Waals surface area contributed by atoms with Crippen LogP contribution in [0.5, 0.6) is 0 Å². The molecule has 0 aliphatic heterocycles. The molecule has 2 N–H and O–H groups in total. The highest BCUT2D eigenvalue weighted by molar-refractivity contribution is 5.77. The van der Waals surface area contributed by atoms with Gasteiger partial charge < -0.3 is 10.6 Å². The molecule has 0 aromatic heterocycles. The molecule has 1 aromatic carbocycles. The number of hydrogen-bond donors (Lipinski definition) is 2. The summed E-state index contributed by atoms with van der Waals surface area (Å²) >= 11 is 0. The van der Waals surface area contributed by atoms with Crippen molar-refractivity contribution in [3.8, 4) is 0 Å². The van der Waals surface area contributed by atoms with Crippen molar-refractivity contribution in [1.29, 1.82) is 0 Å². The fraction of sp³-hybridized carbons (Fsp3) is 0.364. The van der Waals surface area contributed by atoms with E-state index in [1.165, 1.54) is 25.2 Å². The molecule has 0 heterocycles. The molecule has 0 fully saturated rings. The third-order valence-electron chi connectivity index (χ3n) is 2.20. The third-order valence-corrected chi connectivity index (χ3v) is 2.20. The van der Waals surface area contributed by atoms with E-state index in [0.29, 0.717) is 0 Å². The lowest BCUT2D eigenvalue weighted by molar-refractivity contribution is -0.138. The average Bonchev–Trinajstić information content (AvgIpc) is 2.28. The number of carbonyl (C=O) groups excluding carboxylic acids is 1. The molecule has 0 spiro atoms. The molecule has 0 bridgehead atoms. The average molecular weight is 246 g/mol. The quantitative estimate of drug-likeness (QED) is 0.846. The Morgan fingerprint density at radius 3 is 2.53 bits per heavy atom. The summed E-state index contributed by atoms with van der Waals surface area (Å²) in [5, 5.41) is 5.03. The summed E-state index contributed by atoms with van der Waals surface area (Å²) in [7, 11) is 1.47. The van der Waals surface area contributed by atoms with Crippen molar-refractivity contribution in [2.75, 3.05) is 13.6 Å². The van der Waals surface area contributed by atoms with E-state index in [1.54, 1.807) is 0 Å². The molecule has 6 heteroatoms. The summed E-state index contributed by atoms with van der Waals surface area (Å²) < 4.78 is 37.8. The van der Waals surface area contributed by atoms with Crippen LogP contribution < -0.4 is 10.6 Å². The maximum Gasteiger partial charge on any atom is 0.416 e. The lowest BCUT2D eigenvalue weighted by Gasteiger charge is -2.12. The number of alkyl halides is 3. The minimum Gasteiger partial charge on any atom is -0.358 e. The first kappa shape index (κ1) is 13.5. The number of nitrogens with one attached hydrogen (secondary N) is 2. The first-order chi connectivity index (χ1) is 7.95. The summed E-state index contributed by atoms with van der Waals surface area (Å²) in [6.45, 7) is -0.00814. The molecule has 94 valence electrons. The van der Waals surface area contributed by atoms with Gasteiger partial charge in [-0.2, -0.15) is 13.2 Å². The molecule has 1 rings (SSSR count). The Bertz CT molecular complexity index is 391. The van der Waals surface area contributed by atoms with Gasteiger partial charge in [0.25, 0.3) is 0 Å². The smallest absolute Gasteiger partial charge is 0.358 e. The molecule has 0 aliphatic rings. The van der Waals surface area contributed by atoms with Gasteiger partial charge in [-0.05, 0) is 11.6 Å². The van der Waals surface area contributed by atoms with Crippen LogP contribution in [0.3, 0.4) is 0 Å². The lowest BCUT2D eigenvalue weighted by atomic mass is 10.1. The highest BCUT2D eigenvalue weighted by atomic mass is 19.4. The van der Waals surface area contributed by atoms with Gasteiger partial charge in [-0.1, -0.05) is 18.2 Å². The SMILES string of the molecule is CNC(=O)CNCc1ccccc1C(F)(F)F. The Morgan fingerprint density at radius 1 is 1.29 bits per heavy atom. The van der Waals surface area contributed by atoms with Crippen LogP contribution in [0, 0.1) is 0 Å². The van der Waals surface area contributed by atoms with Gasteiger partial charge in [0.2, 0.25) is 5.91 Å². The van der Waals surface area contributed by atoms with Crippen LogP contribution in [0.25, 0.3) is 0 Å². The molecule has 0 saturated carbocycles. The summed E-state index contributed by atoms with van der Waals surface area (Å²) in [6, 6.07) is 5.29. The van der Waals surface area contributed by atoms with Crippen LogP contribution >= 0.6 is 0 Å². The van der Waals surface area contributed by atoms with Crippen molar-refractivity contribution < 1.29 is 18.0 Å². The van der Waals surface area contributed by atoms with Gasteiger partial charge >= 0.3 is 6.18 Å². The topological polar surface area (TPSA) is 41.1 Å². The third kappa shape index (κ3) is 4.07. The summed E-state index contributed by atoms with van der Waals surface area (Å²) in [5.74, 6) is -0.269. The highest BCUT2D eigenvalue weighted by Gasteiger charge is 2.32. The maximum absolute atomic E-state index is 12.6. The fourth-order valence-electron chi connectivity index (χ4n) is 1.35. The van der Waals surface area contributed by atoms with Gasteiger partial charge in [-0.25, -0.2) is 0 Å². The minimum atomic E-state index is -4.37. The highest BCUT2D eigenvalue weighted by Crippen LogP contribution is 2.31. The number of halogens is 3. The standard InChI is InChI=1S/C11H13F3N2O/c1-15-10(17)7-16-6-8-4-2-3-5-9(8)11(12,13)14/h2-5,16H,6-7H2,1H3,(H,15,17). The van der Waals surface area contributed by atoms with Gasteiger partial charge in [-0.15, -0.1) is 0 Å². The molecule has 3 nitrogen and oxygen atoms in total. The first-order valence-corrected chi connectivity index (χ1v) is 5.01. The molecular weight excluding hydrogens is 233 g/mol. The van der Waals surface area contributed by atoms with Gasteiger partial charge in [0.1, 0.15) is 0 Å². The van der Waals surface area contributed by atoms with Crippen molar-refractivity contribution in [2.24, 2.45) is 0 Å². The van der Waals surface area contributed by atoms with Crippen LogP contribution in [-0.2, 0) is 17.5 Å². The second-order valence-corrected chi connectivity index (χ2v) is 3.43. The summed E-state index contributed by atoms with van der Waals surface area (Å²) in [6.07, 6.45) is -4.37. The summed E-state index contributed by atoms with van der Waals surface area (Å²) in [4.78, 5) is 10.9. The van der Waals surface area contributed by atoms with E-state index in [0.717, 1.165) is 6.07 Å². The molecule has 1 aromatic rings. The lowest BCUT2D eigenvalue weighted by Crippen LogP contribution is -2.31. The van der Waals surface area contributed by atoms with E-state index in [-0.39, 0.29) is 24.6 Å². The van der Waals surface area contributed by atoms with Crippen molar-refractivity contribution in [2.45, 2.75) is 12.7 Å². The minimum absolute atomic E-state index is 0.00308. The number of hydrogen-bond acceptors (Lipinski definition) is 2. The van der Waals surface area contributed by atoms with Crippen LogP contribution in [-0.4, -0.2) is 19.5 Å². The second-order valence-electron chi connectivity index (χ2n) is 3.43. The second kappa shape index (κ2) is 5.67. The largest absolute Gasteiger partial charge is 0.416 e. The Kier molecular flexibility index (Phi) is 4.51. The van der Waals surface area contributed by atoms with Crippen LogP contribution in [0.2, 0.25) is 0 Å². The zero-order valence-electron chi connectivity index (χ0n) is 9.27. The van der Waals surface area contributed by atoms with Crippen LogP contribution in [0.4, 0.5) is 13.2 Å². The number of rotatable bonds is 4. The Morgan fingerprint density at radius 2 is 1.94 bits per heavy atom. The van der Waals surface area contributed by atoms with Crippen molar-refractivity contribution in [3.05, 3.63) is 35.4 Å². The number of carbonyl (C=O) groups is 1.